The zero-order valence-electron chi connectivity index (χ0n) is 12.1. The summed E-state index contributed by atoms with van der Waals surface area (Å²) >= 11 is 0. The lowest BCUT2D eigenvalue weighted by atomic mass is 9.84. The van der Waals surface area contributed by atoms with Gasteiger partial charge in [-0.05, 0) is 38.0 Å². The van der Waals surface area contributed by atoms with Crippen LogP contribution < -0.4 is 0 Å². The summed E-state index contributed by atoms with van der Waals surface area (Å²) in [4.78, 5) is 11.5. The molecule has 1 N–H and O–H groups in total. The Hall–Kier alpha value is -1.09. The Labute approximate surface area is 115 Å². The average Bonchev–Trinajstić information content (AvgIpc) is 2.47. The predicted octanol–water partition coefficient (Wildman–Crippen LogP) is 2.85. The Kier molecular flexibility index (Phi) is 4.14. The highest BCUT2D eigenvalue weighted by molar-refractivity contribution is 5.90. The number of fused-ring (bicyclic) bond motifs is 1. The lowest BCUT2D eigenvalue weighted by Crippen LogP contribution is -2.19. The first-order valence-electron chi connectivity index (χ1n) is 7.18. The van der Waals surface area contributed by atoms with Crippen LogP contribution in [0.2, 0.25) is 0 Å². The van der Waals surface area contributed by atoms with Crippen LogP contribution >= 0.6 is 0 Å². The lowest BCUT2D eigenvalue weighted by molar-refractivity contribution is -0.139. The summed E-state index contributed by atoms with van der Waals surface area (Å²) in [6, 6.07) is 0. The zero-order valence-corrected chi connectivity index (χ0v) is 12.1. The summed E-state index contributed by atoms with van der Waals surface area (Å²) in [5, 5.41) is 9.54. The van der Waals surface area contributed by atoms with E-state index in [9.17, 15) is 9.90 Å². The summed E-state index contributed by atoms with van der Waals surface area (Å²) in [5.74, 6) is 0.683. The van der Waals surface area contributed by atoms with Crippen LogP contribution in [0.4, 0.5) is 0 Å². The molecule has 0 amide bonds. The van der Waals surface area contributed by atoms with Crippen molar-refractivity contribution in [1.29, 1.82) is 0 Å². The number of carbonyl (C=O) groups is 1. The Morgan fingerprint density at radius 1 is 1.53 bits per heavy atom. The number of esters is 1. The van der Waals surface area contributed by atoms with E-state index >= 15 is 0 Å². The van der Waals surface area contributed by atoms with Gasteiger partial charge < -0.3 is 9.84 Å². The van der Waals surface area contributed by atoms with Crippen molar-refractivity contribution in [3.63, 3.8) is 0 Å². The van der Waals surface area contributed by atoms with Crippen molar-refractivity contribution in [1.82, 2.24) is 0 Å². The highest BCUT2D eigenvalue weighted by Crippen LogP contribution is 2.40. The van der Waals surface area contributed by atoms with Crippen LogP contribution in [0, 0.1) is 17.8 Å². The third-order valence-electron chi connectivity index (χ3n) is 4.44. The van der Waals surface area contributed by atoms with Gasteiger partial charge in [-0.25, -0.2) is 4.79 Å². The summed E-state index contributed by atoms with van der Waals surface area (Å²) in [6.07, 6.45) is 4.44. The van der Waals surface area contributed by atoms with Crippen LogP contribution in [0.25, 0.3) is 0 Å². The van der Waals surface area contributed by atoms with Gasteiger partial charge in [-0.3, -0.25) is 0 Å². The molecule has 0 saturated carbocycles. The maximum atomic E-state index is 11.5. The van der Waals surface area contributed by atoms with Gasteiger partial charge in [-0.15, -0.1) is 0 Å². The molecule has 1 unspecified atom stereocenters. The molecule has 3 nitrogen and oxygen atoms in total. The highest BCUT2D eigenvalue weighted by Gasteiger charge is 2.40. The Balaban J connectivity index is 2.13. The summed E-state index contributed by atoms with van der Waals surface area (Å²) in [5.41, 5.74) is 2.01. The van der Waals surface area contributed by atoms with Gasteiger partial charge in [-0.2, -0.15) is 0 Å². The first kappa shape index (κ1) is 14.3. The number of aliphatic hydroxyl groups is 1. The fourth-order valence-electron chi connectivity index (χ4n) is 3.46. The average molecular weight is 264 g/mol. The number of hydrogen-bond acceptors (Lipinski definition) is 3. The van der Waals surface area contributed by atoms with E-state index in [1.807, 2.05) is 6.92 Å². The molecule has 3 heteroatoms. The largest absolute Gasteiger partial charge is 0.458 e. The van der Waals surface area contributed by atoms with Gasteiger partial charge in [0.15, 0.2) is 0 Å². The quantitative estimate of drug-likeness (QED) is 0.484. The molecule has 0 aromatic heterocycles. The van der Waals surface area contributed by atoms with E-state index in [0.29, 0.717) is 17.4 Å². The van der Waals surface area contributed by atoms with E-state index in [0.717, 1.165) is 19.3 Å². The van der Waals surface area contributed by atoms with E-state index in [1.54, 1.807) is 0 Å². The molecule has 1 fully saturated rings. The van der Waals surface area contributed by atoms with E-state index in [4.69, 9.17) is 4.74 Å². The summed E-state index contributed by atoms with van der Waals surface area (Å²) < 4.78 is 5.42. The van der Waals surface area contributed by atoms with Crippen LogP contribution in [-0.4, -0.2) is 23.3 Å². The van der Waals surface area contributed by atoms with E-state index < -0.39 is 0 Å². The van der Waals surface area contributed by atoms with Crippen LogP contribution in [0.1, 0.15) is 40.0 Å². The van der Waals surface area contributed by atoms with E-state index in [-0.39, 0.29) is 24.1 Å². The molecule has 1 aliphatic heterocycles. The monoisotopic (exact) mass is 264 g/mol. The standard InChI is InChI=1S/C16H24O3/c1-9(7-11(3)17)13-5-6-14-12(4)16(18)19-15(14)8-10(13)2/h5,9-11,14-15,17H,4,6-8H2,1-3H3/t9?,10-,11+,14+,15+/m0/s1. The Morgan fingerprint density at radius 2 is 2.21 bits per heavy atom. The second-order valence-corrected chi connectivity index (χ2v) is 6.14. The summed E-state index contributed by atoms with van der Waals surface area (Å²) in [7, 11) is 0. The van der Waals surface area contributed by atoms with Gasteiger partial charge in [-0.1, -0.05) is 32.1 Å². The molecule has 1 aliphatic carbocycles. The molecule has 1 heterocycles. The van der Waals surface area contributed by atoms with Crippen molar-refractivity contribution >= 4 is 5.97 Å². The van der Waals surface area contributed by atoms with Gasteiger partial charge in [0.2, 0.25) is 0 Å². The molecule has 0 aromatic rings. The molecule has 1 saturated heterocycles. The van der Waals surface area contributed by atoms with Crippen molar-refractivity contribution in [2.45, 2.75) is 52.2 Å². The van der Waals surface area contributed by atoms with Crippen molar-refractivity contribution in [2.75, 3.05) is 0 Å². The van der Waals surface area contributed by atoms with Crippen molar-refractivity contribution in [3.05, 3.63) is 23.8 Å². The van der Waals surface area contributed by atoms with Gasteiger partial charge in [0.25, 0.3) is 0 Å². The number of aliphatic hydroxyl groups excluding tert-OH is 1. The van der Waals surface area contributed by atoms with Crippen LogP contribution in [0.15, 0.2) is 23.8 Å². The zero-order chi connectivity index (χ0) is 14.2. The van der Waals surface area contributed by atoms with Gasteiger partial charge in [0.05, 0.1) is 6.10 Å². The normalized spacial score (nSPS) is 34.1. The summed E-state index contributed by atoms with van der Waals surface area (Å²) in [6.45, 7) is 10.0. The molecular formula is C16H24O3. The van der Waals surface area contributed by atoms with Crippen molar-refractivity contribution < 1.29 is 14.6 Å². The number of allylic oxidation sites excluding steroid dienone is 2. The topological polar surface area (TPSA) is 46.5 Å². The third kappa shape index (κ3) is 2.92. The molecule has 0 bridgehead atoms. The first-order chi connectivity index (χ1) is 8.90. The third-order valence-corrected chi connectivity index (χ3v) is 4.44. The smallest absolute Gasteiger partial charge is 0.334 e. The second-order valence-electron chi connectivity index (χ2n) is 6.14. The Bertz CT molecular complexity index is 408. The van der Waals surface area contributed by atoms with E-state index in [2.05, 4.69) is 26.5 Å². The van der Waals surface area contributed by atoms with Crippen LogP contribution in [0.5, 0.6) is 0 Å². The highest BCUT2D eigenvalue weighted by atomic mass is 16.6. The number of ether oxygens (including phenoxy) is 1. The molecule has 0 radical (unpaired) electrons. The molecule has 19 heavy (non-hydrogen) atoms. The van der Waals surface area contributed by atoms with Gasteiger partial charge >= 0.3 is 5.97 Å². The molecule has 0 spiro atoms. The molecular weight excluding hydrogens is 240 g/mol. The van der Waals surface area contributed by atoms with Crippen molar-refractivity contribution in [2.24, 2.45) is 17.8 Å². The number of carbonyl (C=O) groups excluding carboxylic acids is 1. The van der Waals surface area contributed by atoms with Crippen LogP contribution in [-0.2, 0) is 9.53 Å². The van der Waals surface area contributed by atoms with Crippen molar-refractivity contribution in [3.8, 4) is 0 Å². The maximum Gasteiger partial charge on any atom is 0.334 e. The minimum absolute atomic E-state index is 0.0116. The Morgan fingerprint density at radius 3 is 2.84 bits per heavy atom. The molecule has 0 aromatic carbocycles. The molecule has 106 valence electrons. The van der Waals surface area contributed by atoms with Gasteiger partial charge in [0, 0.05) is 11.5 Å². The molecule has 2 rings (SSSR count). The second kappa shape index (κ2) is 5.49. The van der Waals surface area contributed by atoms with E-state index in [1.165, 1.54) is 5.57 Å². The fraction of sp³-hybridized carbons (Fsp3) is 0.688. The number of hydrogen-bond donors (Lipinski definition) is 1. The first-order valence-corrected chi connectivity index (χ1v) is 7.18. The van der Waals surface area contributed by atoms with Gasteiger partial charge in [0.1, 0.15) is 6.10 Å². The minimum atomic E-state index is -0.279. The lowest BCUT2D eigenvalue weighted by Gasteiger charge is -2.23. The maximum absolute atomic E-state index is 11.5. The van der Waals surface area contributed by atoms with Crippen LogP contribution in [0.3, 0.4) is 0 Å². The molecule has 5 atom stereocenters. The predicted molar refractivity (Wildman–Crippen MR) is 74.5 cm³/mol. The minimum Gasteiger partial charge on any atom is -0.458 e. The number of rotatable bonds is 3. The molecule has 2 aliphatic rings. The SMILES string of the molecule is C=C1C(=O)O[C@@H]2C[C@H](C)C(C(C)C[C@@H](C)O)=CC[C@H]12. The fourth-order valence-corrected chi connectivity index (χ4v) is 3.46.